The topological polar surface area (TPSA) is 25.8 Å². The molecular formula is C40H26N2S. The number of benzene rings is 6. The van der Waals surface area contributed by atoms with Gasteiger partial charge in [-0.1, -0.05) is 127 Å². The maximum absolute atomic E-state index is 5.25. The van der Waals surface area contributed by atoms with Gasteiger partial charge < -0.3 is 0 Å². The molecule has 1 aromatic heterocycles. The van der Waals surface area contributed by atoms with Gasteiger partial charge in [-0.05, 0) is 70.1 Å². The Labute approximate surface area is 255 Å². The second-order valence-electron chi connectivity index (χ2n) is 11.5. The molecule has 0 saturated carbocycles. The highest BCUT2D eigenvalue weighted by molar-refractivity contribution is 7.99. The Bertz CT molecular complexity index is 2220. The van der Waals surface area contributed by atoms with Gasteiger partial charge in [-0.25, -0.2) is 9.97 Å². The van der Waals surface area contributed by atoms with E-state index >= 15 is 0 Å². The largest absolute Gasteiger partial charge is 0.228 e. The third kappa shape index (κ3) is 3.62. The van der Waals surface area contributed by atoms with Gasteiger partial charge in [-0.15, -0.1) is 0 Å². The summed E-state index contributed by atoms with van der Waals surface area (Å²) in [6.07, 6.45) is 0. The number of para-hydroxylation sites is 1. The third-order valence-corrected chi connectivity index (χ3v) is 10.3. The maximum atomic E-state index is 5.25. The van der Waals surface area contributed by atoms with Crippen molar-refractivity contribution >= 4 is 22.7 Å². The summed E-state index contributed by atoms with van der Waals surface area (Å²) >= 11 is 1.89. The summed E-state index contributed by atoms with van der Waals surface area (Å²) < 4.78 is 0. The van der Waals surface area contributed by atoms with Crippen LogP contribution in [0.25, 0.3) is 55.8 Å². The fraction of sp³-hybridized carbons (Fsp3) is 0.0500. The van der Waals surface area contributed by atoms with E-state index in [-0.39, 0.29) is 5.41 Å². The molecule has 1 unspecified atom stereocenters. The number of fused-ring (bicyclic) bond motifs is 6. The van der Waals surface area contributed by atoms with Crippen LogP contribution in [0.5, 0.6) is 0 Å². The van der Waals surface area contributed by atoms with Gasteiger partial charge in [0.25, 0.3) is 0 Å². The van der Waals surface area contributed by atoms with Crippen LogP contribution in [0.4, 0.5) is 0 Å². The van der Waals surface area contributed by atoms with Crippen LogP contribution in [-0.2, 0) is 5.41 Å². The smallest absolute Gasteiger partial charge is 0.160 e. The van der Waals surface area contributed by atoms with E-state index in [9.17, 15) is 0 Å². The molecule has 1 aliphatic heterocycles. The molecule has 202 valence electrons. The van der Waals surface area contributed by atoms with Crippen molar-refractivity contribution in [3.63, 3.8) is 0 Å². The molecule has 2 nitrogen and oxygen atoms in total. The fourth-order valence-electron chi connectivity index (χ4n) is 7.07. The lowest BCUT2D eigenvalue weighted by atomic mass is 9.73. The SMILES string of the molecule is CC12c3ccccc3Sc3cccc(c31)-c1ccc(-c3nc(-c4ccc(-c5ccccc5)cc4)c4ccccc4n3)cc12. The predicted molar refractivity (Wildman–Crippen MR) is 177 cm³/mol. The average Bonchev–Trinajstić information content (AvgIpc) is 3.34. The van der Waals surface area contributed by atoms with E-state index in [1.54, 1.807) is 0 Å². The molecule has 1 atom stereocenters. The summed E-state index contributed by atoms with van der Waals surface area (Å²) in [5.41, 5.74) is 13.0. The summed E-state index contributed by atoms with van der Waals surface area (Å²) in [5, 5.41) is 1.06. The molecule has 0 saturated heterocycles. The Morgan fingerprint density at radius 3 is 2.09 bits per heavy atom. The molecule has 0 bridgehead atoms. The number of aromatic nitrogens is 2. The Kier molecular flexibility index (Phi) is 5.29. The summed E-state index contributed by atoms with van der Waals surface area (Å²) in [5.74, 6) is 0.752. The van der Waals surface area contributed by atoms with E-state index in [2.05, 4.69) is 146 Å². The van der Waals surface area contributed by atoms with Gasteiger partial charge >= 0.3 is 0 Å². The lowest BCUT2D eigenvalue weighted by Gasteiger charge is -2.35. The third-order valence-electron chi connectivity index (χ3n) is 9.15. The van der Waals surface area contributed by atoms with Crippen molar-refractivity contribution in [3.8, 4) is 44.9 Å². The van der Waals surface area contributed by atoms with E-state index in [1.165, 1.54) is 48.7 Å². The van der Waals surface area contributed by atoms with Crippen LogP contribution in [0.1, 0.15) is 23.6 Å². The standard InChI is InChI=1S/C40H26N2S/c1-40-32-14-6-8-16-35(32)43-36-17-9-13-30(37(36)40)29-23-22-28(24-33(29)40)39-41-34-15-7-5-12-31(34)38(42-39)27-20-18-26(19-21-27)25-10-3-2-4-11-25/h2-24H,1H3. The van der Waals surface area contributed by atoms with Gasteiger partial charge in [0.05, 0.1) is 11.2 Å². The van der Waals surface area contributed by atoms with Gasteiger partial charge in [-0.3, -0.25) is 0 Å². The lowest BCUT2D eigenvalue weighted by molar-refractivity contribution is 0.675. The molecule has 3 heteroatoms. The van der Waals surface area contributed by atoms with Crippen molar-refractivity contribution in [1.29, 1.82) is 0 Å². The highest BCUT2D eigenvalue weighted by Gasteiger charge is 2.46. The van der Waals surface area contributed by atoms with Gasteiger partial charge in [0, 0.05) is 31.7 Å². The van der Waals surface area contributed by atoms with Crippen molar-refractivity contribution in [3.05, 3.63) is 156 Å². The minimum Gasteiger partial charge on any atom is -0.228 e. The van der Waals surface area contributed by atoms with Gasteiger partial charge in [0.2, 0.25) is 0 Å². The minimum atomic E-state index is -0.230. The normalized spacial score (nSPS) is 16.0. The van der Waals surface area contributed by atoms with Gasteiger partial charge in [-0.2, -0.15) is 0 Å². The van der Waals surface area contributed by atoms with E-state index < -0.39 is 0 Å². The van der Waals surface area contributed by atoms with E-state index in [1.807, 2.05) is 11.8 Å². The molecule has 2 aliphatic rings. The van der Waals surface area contributed by atoms with E-state index in [0.29, 0.717) is 0 Å². The number of hydrogen-bond acceptors (Lipinski definition) is 3. The highest BCUT2D eigenvalue weighted by Crippen LogP contribution is 2.60. The van der Waals surface area contributed by atoms with Crippen LogP contribution in [0.15, 0.2) is 149 Å². The summed E-state index contributed by atoms with van der Waals surface area (Å²) in [7, 11) is 0. The Morgan fingerprint density at radius 1 is 0.512 bits per heavy atom. The number of rotatable bonds is 3. The van der Waals surface area contributed by atoms with Gasteiger partial charge in [0.15, 0.2) is 5.82 Å². The Morgan fingerprint density at radius 2 is 1.21 bits per heavy atom. The lowest BCUT2D eigenvalue weighted by Crippen LogP contribution is -2.26. The molecule has 43 heavy (non-hydrogen) atoms. The van der Waals surface area contributed by atoms with Crippen LogP contribution in [0.3, 0.4) is 0 Å². The van der Waals surface area contributed by atoms with Gasteiger partial charge in [0.1, 0.15) is 0 Å². The van der Waals surface area contributed by atoms with E-state index in [4.69, 9.17) is 9.97 Å². The van der Waals surface area contributed by atoms with Crippen LogP contribution in [0.2, 0.25) is 0 Å². The van der Waals surface area contributed by atoms with Crippen molar-refractivity contribution < 1.29 is 0 Å². The highest BCUT2D eigenvalue weighted by atomic mass is 32.2. The molecule has 6 aromatic carbocycles. The Balaban J connectivity index is 1.22. The van der Waals surface area contributed by atoms with Crippen LogP contribution in [-0.4, -0.2) is 9.97 Å². The first kappa shape index (κ1) is 24.6. The molecule has 1 aliphatic carbocycles. The van der Waals surface area contributed by atoms with E-state index in [0.717, 1.165) is 33.5 Å². The zero-order valence-electron chi connectivity index (χ0n) is 23.6. The average molecular weight is 567 g/mol. The van der Waals surface area contributed by atoms with Crippen molar-refractivity contribution in [1.82, 2.24) is 9.97 Å². The second-order valence-corrected chi connectivity index (χ2v) is 12.6. The Hall–Kier alpha value is -4.99. The summed E-state index contributed by atoms with van der Waals surface area (Å²) in [6, 6.07) is 50.0. The molecule has 0 radical (unpaired) electrons. The van der Waals surface area contributed by atoms with Crippen molar-refractivity contribution in [2.45, 2.75) is 22.1 Å². The number of nitrogens with zero attached hydrogens (tertiary/aromatic N) is 2. The van der Waals surface area contributed by atoms with Crippen LogP contribution in [0, 0.1) is 0 Å². The number of hydrogen-bond donors (Lipinski definition) is 0. The molecule has 0 amide bonds. The first-order valence-corrected chi connectivity index (χ1v) is 15.5. The monoisotopic (exact) mass is 566 g/mol. The molecule has 2 heterocycles. The summed E-state index contributed by atoms with van der Waals surface area (Å²) in [4.78, 5) is 13.0. The molecule has 0 spiro atoms. The second kappa shape index (κ2) is 9.26. The zero-order chi connectivity index (χ0) is 28.5. The maximum Gasteiger partial charge on any atom is 0.160 e. The van der Waals surface area contributed by atoms with Crippen LogP contribution < -0.4 is 0 Å². The molecule has 7 aromatic rings. The first-order valence-electron chi connectivity index (χ1n) is 14.7. The fourth-order valence-corrected chi connectivity index (χ4v) is 8.40. The quantitative estimate of drug-likeness (QED) is 0.213. The molecule has 0 fully saturated rings. The first-order chi connectivity index (χ1) is 21.2. The zero-order valence-corrected chi connectivity index (χ0v) is 24.4. The van der Waals surface area contributed by atoms with Crippen molar-refractivity contribution in [2.24, 2.45) is 0 Å². The predicted octanol–water partition coefficient (Wildman–Crippen LogP) is 10.4. The molecule has 0 N–H and O–H groups in total. The molecular weight excluding hydrogens is 541 g/mol. The summed E-state index contributed by atoms with van der Waals surface area (Å²) in [6.45, 7) is 2.39. The molecule has 9 rings (SSSR count). The minimum absolute atomic E-state index is 0.230. The van der Waals surface area contributed by atoms with Crippen molar-refractivity contribution in [2.75, 3.05) is 0 Å². The van der Waals surface area contributed by atoms with Crippen LogP contribution >= 0.6 is 11.8 Å².